The summed E-state index contributed by atoms with van der Waals surface area (Å²) < 4.78 is 0. The molecule has 0 aromatic heterocycles. The molecule has 0 saturated carbocycles. The van der Waals surface area contributed by atoms with Crippen molar-refractivity contribution in [2.75, 3.05) is 19.7 Å². The second-order valence-electron chi connectivity index (χ2n) is 2.84. The van der Waals surface area contributed by atoms with E-state index >= 15 is 0 Å². The minimum atomic E-state index is -0.498. The zero-order valence-electron chi connectivity index (χ0n) is 6.08. The largest absolute Gasteiger partial charge is 0.394 e. The van der Waals surface area contributed by atoms with Crippen molar-refractivity contribution in [3.05, 3.63) is 0 Å². The highest BCUT2D eigenvalue weighted by atomic mass is 16.3. The molecular weight excluding hydrogens is 130 g/mol. The van der Waals surface area contributed by atoms with E-state index in [4.69, 9.17) is 5.11 Å². The van der Waals surface area contributed by atoms with Crippen LogP contribution in [-0.4, -0.2) is 36.0 Å². The van der Waals surface area contributed by atoms with Crippen LogP contribution in [0, 0.1) is 5.92 Å². The van der Waals surface area contributed by atoms with E-state index in [0.29, 0.717) is 5.92 Å². The average Bonchev–Trinajstić information content (AvgIpc) is 2.05. The van der Waals surface area contributed by atoms with Gasteiger partial charge in [-0.2, -0.15) is 0 Å². The standard InChI is InChI=1S/C7H15NO2/c9-5-7(10)6-1-3-8-4-2-6/h6-10H,1-5H2/t7-/m0/s1. The van der Waals surface area contributed by atoms with Gasteiger partial charge in [0, 0.05) is 0 Å². The summed E-state index contributed by atoms with van der Waals surface area (Å²) in [6.07, 6.45) is 1.48. The summed E-state index contributed by atoms with van der Waals surface area (Å²) in [5.41, 5.74) is 0. The molecule has 0 spiro atoms. The van der Waals surface area contributed by atoms with Gasteiger partial charge in [0.15, 0.2) is 0 Å². The summed E-state index contributed by atoms with van der Waals surface area (Å²) in [6.45, 7) is 1.86. The predicted molar refractivity (Wildman–Crippen MR) is 38.7 cm³/mol. The first-order valence-corrected chi connectivity index (χ1v) is 3.84. The van der Waals surface area contributed by atoms with Crippen molar-refractivity contribution in [2.45, 2.75) is 18.9 Å². The Kier molecular flexibility index (Phi) is 3.12. The molecule has 0 unspecified atom stereocenters. The number of piperidine rings is 1. The van der Waals surface area contributed by atoms with Gasteiger partial charge in [0.2, 0.25) is 0 Å². The van der Waals surface area contributed by atoms with E-state index < -0.39 is 6.10 Å². The van der Waals surface area contributed by atoms with Crippen LogP contribution in [0.25, 0.3) is 0 Å². The summed E-state index contributed by atoms with van der Waals surface area (Å²) in [7, 11) is 0. The summed E-state index contributed by atoms with van der Waals surface area (Å²) in [5, 5.41) is 21.0. The predicted octanol–water partition coefficient (Wildman–Crippen LogP) is -0.661. The number of nitrogens with one attached hydrogen (secondary N) is 1. The van der Waals surface area contributed by atoms with Crippen molar-refractivity contribution in [3.63, 3.8) is 0 Å². The van der Waals surface area contributed by atoms with Crippen LogP contribution in [0.2, 0.25) is 0 Å². The van der Waals surface area contributed by atoms with Crippen molar-refractivity contribution < 1.29 is 10.2 Å². The molecule has 3 heteroatoms. The average molecular weight is 145 g/mol. The van der Waals surface area contributed by atoms with Gasteiger partial charge in [-0.3, -0.25) is 0 Å². The molecule has 3 N–H and O–H groups in total. The summed E-state index contributed by atoms with van der Waals surface area (Å²) in [6, 6.07) is 0. The minimum absolute atomic E-state index is 0.0926. The maximum absolute atomic E-state index is 9.20. The quantitative estimate of drug-likeness (QED) is 0.483. The third-order valence-corrected chi connectivity index (χ3v) is 2.12. The molecule has 1 fully saturated rings. The first kappa shape index (κ1) is 7.98. The van der Waals surface area contributed by atoms with E-state index in [-0.39, 0.29) is 6.61 Å². The van der Waals surface area contributed by atoms with Crippen molar-refractivity contribution in [2.24, 2.45) is 5.92 Å². The Balaban J connectivity index is 2.24. The Morgan fingerprint density at radius 3 is 2.50 bits per heavy atom. The number of hydrogen-bond donors (Lipinski definition) is 3. The molecule has 1 atom stereocenters. The maximum Gasteiger partial charge on any atom is 0.0799 e. The molecule has 0 aliphatic carbocycles. The van der Waals surface area contributed by atoms with Gasteiger partial charge in [0.1, 0.15) is 0 Å². The fraction of sp³-hybridized carbons (Fsp3) is 1.00. The summed E-state index contributed by atoms with van der Waals surface area (Å²) in [4.78, 5) is 0. The first-order valence-electron chi connectivity index (χ1n) is 3.84. The summed E-state index contributed by atoms with van der Waals surface area (Å²) in [5.74, 6) is 0.311. The second-order valence-corrected chi connectivity index (χ2v) is 2.84. The van der Waals surface area contributed by atoms with E-state index in [1.54, 1.807) is 0 Å². The van der Waals surface area contributed by atoms with Gasteiger partial charge in [0.25, 0.3) is 0 Å². The molecule has 10 heavy (non-hydrogen) atoms. The number of hydrogen-bond acceptors (Lipinski definition) is 3. The lowest BCUT2D eigenvalue weighted by Gasteiger charge is -2.25. The lowest BCUT2D eigenvalue weighted by atomic mass is 9.93. The third kappa shape index (κ3) is 1.94. The molecule has 1 rings (SSSR count). The molecule has 1 aliphatic rings. The van der Waals surface area contributed by atoms with Crippen LogP contribution in [-0.2, 0) is 0 Å². The van der Waals surface area contributed by atoms with Crippen molar-refractivity contribution >= 4 is 0 Å². The molecule has 0 amide bonds. The molecule has 0 bridgehead atoms. The Labute approximate surface area is 61.1 Å². The molecule has 3 nitrogen and oxygen atoms in total. The van der Waals surface area contributed by atoms with Crippen LogP contribution in [0.5, 0.6) is 0 Å². The van der Waals surface area contributed by atoms with Crippen LogP contribution < -0.4 is 5.32 Å². The molecule has 0 aromatic rings. The minimum Gasteiger partial charge on any atom is -0.394 e. The van der Waals surface area contributed by atoms with Gasteiger partial charge in [-0.05, 0) is 31.8 Å². The Morgan fingerprint density at radius 2 is 2.00 bits per heavy atom. The van der Waals surface area contributed by atoms with Crippen LogP contribution in [0.15, 0.2) is 0 Å². The van der Waals surface area contributed by atoms with Crippen molar-refractivity contribution in [1.82, 2.24) is 5.32 Å². The van der Waals surface area contributed by atoms with E-state index in [2.05, 4.69) is 5.32 Å². The topological polar surface area (TPSA) is 52.5 Å². The maximum atomic E-state index is 9.20. The van der Waals surface area contributed by atoms with E-state index in [0.717, 1.165) is 25.9 Å². The van der Waals surface area contributed by atoms with Crippen LogP contribution in [0.1, 0.15) is 12.8 Å². The second kappa shape index (κ2) is 3.91. The fourth-order valence-electron chi connectivity index (χ4n) is 1.38. The molecular formula is C7H15NO2. The molecule has 0 radical (unpaired) electrons. The molecule has 1 heterocycles. The molecule has 1 aliphatic heterocycles. The van der Waals surface area contributed by atoms with Crippen LogP contribution >= 0.6 is 0 Å². The van der Waals surface area contributed by atoms with E-state index in [9.17, 15) is 5.11 Å². The normalized spacial score (nSPS) is 24.6. The van der Waals surface area contributed by atoms with Gasteiger partial charge < -0.3 is 15.5 Å². The molecule has 60 valence electrons. The van der Waals surface area contributed by atoms with E-state index in [1.807, 2.05) is 0 Å². The lowest BCUT2D eigenvalue weighted by molar-refractivity contribution is 0.0352. The zero-order valence-corrected chi connectivity index (χ0v) is 6.08. The smallest absolute Gasteiger partial charge is 0.0799 e. The number of aliphatic hydroxyl groups is 2. The van der Waals surface area contributed by atoms with Gasteiger partial charge in [-0.15, -0.1) is 0 Å². The monoisotopic (exact) mass is 145 g/mol. The first-order chi connectivity index (χ1) is 4.84. The van der Waals surface area contributed by atoms with Gasteiger partial charge >= 0.3 is 0 Å². The SMILES string of the molecule is OC[C@H](O)C1CCNCC1. The molecule has 1 saturated heterocycles. The number of aliphatic hydroxyl groups excluding tert-OH is 2. The van der Waals surface area contributed by atoms with Crippen molar-refractivity contribution in [3.8, 4) is 0 Å². The van der Waals surface area contributed by atoms with Crippen LogP contribution in [0.4, 0.5) is 0 Å². The Hall–Kier alpha value is -0.120. The Bertz CT molecular complexity index is 91.6. The van der Waals surface area contributed by atoms with Crippen LogP contribution in [0.3, 0.4) is 0 Å². The third-order valence-electron chi connectivity index (χ3n) is 2.12. The number of rotatable bonds is 2. The highest BCUT2D eigenvalue weighted by Crippen LogP contribution is 2.15. The fourth-order valence-corrected chi connectivity index (χ4v) is 1.38. The zero-order chi connectivity index (χ0) is 7.40. The Morgan fingerprint density at radius 1 is 1.40 bits per heavy atom. The van der Waals surface area contributed by atoms with Crippen molar-refractivity contribution in [1.29, 1.82) is 0 Å². The molecule has 0 aromatic carbocycles. The summed E-state index contributed by atoms with van der Waals surface area (Å²) >= 11 is 0. The highest BCUT2D eigenvalue weighted by Gasteiger charge is 2.19. The van der Waals surface area contributed by atoms with Gasteiger partial charge in [-0.25, -0.2) is 0 Å². The van der Waals surface area contributed by atoms with E-state index in [1.165, 1.54) is 0 Å². The lowest BCUT2D eigenvalue weighted by Crippen LogP contribution is -2.35. The highest BCUT2D eigenvalue weighted by molar-refractivity contribution is 4.74. The van der Waals surface area contributed by atoms with Gasteiger partial charge in [-0.1, -0.05) is 0 Å². The van der Waals surface area contributed by atoms with Gasteiger partial charge in [0.05, 0.1) is 12.7 Å².